The third-order valence-electron chi connectivity index (χ3n) is 3.94. The number of nitrogens with zero attached hydrogens (tertiary/aromatic N) is 2. The van der Waals surface area contributed by atoms with Crippen LogP contribution in [-0.2, 0) is 11.3 Å². The van der Waals surface area contributed by atoms with E-state index in [0.29, 0.717) is 13.0 Å². The summed E-state index contributed by atoms with van der Waals surface area (Å²) < 4.78 is 2.31. The Morgan fingerprint density at radius 2 is 2.22 bits per heavy atom. The average Bonchev–Trinajstić information content (AvgIpc) is 2.72. The van der Waals surface area contributed by atoms with Crippen LogP contribution in [-0.4, -0.2) is 28.5 Å². The van der Waals surface area contributed by atoms with E-state index in [4.69, 9.17) is 5.73 Å². The van der Waals surface area contributed by atoms with Crippen molar-refractivity contribution in [3.05, 3.63) is 23.5 Å². The second kappa shape index (κ2) is 5.14. The molecule has 1 aromatic heterocycles. The molecule has 0 aliphatic carbocycles. The summed E-state index contributed by atoms with van der Waals surface area (Å²) in [7, 11) is 0. The molecule has 2 rings (SSSR count). The number of rotatable bonds is 3. The van der Waals surface area contributed by atoms with Crippen LogP contribution in [0.5, 0.6) is 0 Å². The molecule has 1 aliphatic heterocycles. The maximum absolute atomic E-state index is 12.3. The summed E-state index contributed by atoms with van der Waals surface area (Å²) >= 11 is 0. The summed E-state index contributed by atoms with van der Waals surface area (Å²) in [5.41, 5.74) is 8.11. The summed E-state index contributed by atoms with van der Waals surface area (Å²) in [6.45, 7) is 8.53. The fourth-order valence-electron chi connectivity index (χ4n) is 2.66. The molecule has 4 heteroatoms. The Labute approximate surface area is 109 Å². The molecular weight excluding hydrogens is 226 g/mol. The Morgan fingerprint density at radius 1 is 1.50 bits per heavy atom. The quantitative estimate of drug-likeness (QED) is 0.886. The van der Waals surface area contributed by atoms with Crippen molar-refractivity contribution in [2.24, 2.45) is 11.7 Å². The highest BCUT2D eigenvalue weighted by Crippen LogP contribution is 2.28. The topological polar surface area (TPSA) is 51.3 Å². The van der Waals surface area contributed by atoms with E-state index in [1.54, 1.807) is 0 Å². The highest BCUT2D eigenvalue weighted by Gasteiger charge is 2.28. The average molecular weight is 249 g/mol. The molecule has 1 aromatic rings. The van der Waals surface area contributed by atoms with Crippen LogP contribution >= 0.6 is 0 Å². The number of hydrogen-bond acceptors (Lipinski definition) is 2. The smallest absolute Gasteiger partial charge is 0.223 e. The lowest BCUT2D eigenvalue weighted by atomic mass is 10.1. The Kier molecular flexibility index (Phi) is 3.76. The molecule has 1 amide bonds. The Hall–Kier alpha value is -1.29. The number of aromatic nitrogens is 1. The largest absolute Gasteiger partial charge is 0.345 e. The van der Waals surface area contributed by atoms with E-state index in [0.717, 1.165) is 13.1 Å². The third kappa shape index (κ3) is 2.29. The van der Waals surface area contributed by atoms with E-state index in [-0.39, 0.29) is 17.9 Å². The van der Waals surface area contributed by atoms with Crippen LogP contribution in [0, 0.1) is 12.8 Å². The van der Waals surface area contributed by atoms with Gasteiger partial charge in [-0.3, -0.25) is 4.79 Å². The van der Waals surface area contributed by atoms with Gasteiger partial charge in [0, 0.05) is 30.9 Å². The van der Waals surface area contributed by atoms with Crippen molar-refractivity contribution in [1.29, 1.82) is 0 Å². The van der Waals surface area contributed by atoms with E-state index in [1.165, 1.54) is 11.4 Å². The summed E-state index contributed by atoms with van der Waals surface area (Å²) in [6.07, 6.45) is 0.556. The number of fused-ring (bicyclic) bond motifs is 1. The molecule has 0 radical (unpaired) electrons. The van der Waals surface area contributed by atoms with Crippen molar-refractivity contribution in [2.45, 2.75) is 39.8 Å². The number of aryl methyl sites for hydroxylation is 1. The van der Waals surface area contributed by atoms with Crippen molar-refractivity contribution in [1.82, 2.24) is 9.47 Å². The van der Waals surface area contributed by atoms with Crippen molar-refractivity contribution in [3.8, 4) is 0 Å². The third-order valence-corrected chi connectivity index (χ3v) is 3.94. The van der Waals surface area contributed by atoms with Crippen molar-refractivity contribution in [2.75, 3.05) is 13.1 Å². The first-order valence-electron chi connectivity index (χ1n) is 6.70. The Balaban J connectivity index is 2.11. The van der Waals surface area contributed by atoms with Gasteiger partial charge in [-0.1, -0.05) is 6.92 Å². The molecule has 4 nitrogen and oxygen atoms in total. The van der Waals surface area contributed by atoms with Crippen LogP contribution in [0.15, 0.2) is 12.1 Å². The van der Waals surface area contributed by atoms with E-state index < -0.39 is 0 Å². The molecule has 0 saturated heterocycles. The number of carbonyl (C=O) groups is 1. The minimum atomic E-state index is 0.171. The lowest BCUT2D eigenvalue weighted by Gasteiger charge is -2.36. The Morgan fingerprint density at radius 3 is 2.89 bits per heavy atom. The number of hydrogen-bond donors (Lipinski definition) is 1. The second-order valence-electron chi connectivity index (χ2n) is 5.36. The van der Waals surface area contributed by atoms with Crippen molar-refractivity contribution < 1.29 is 4.79 Å². The highest BCUT2D eigenvalue weighted by atomic mass is 16.2. The van der Waals surface area contributed by atoms with Gasteiger partial charge in [0.05, 0.1) is 6.04 Å². The van der Waals surface area contributed by atoms with Crippen LogP contribution in [0.1, 0.15) is 37.7 Å². The number of amides is 1. The van der Waals surface area contributed by atoms with Crippen LogP contribution in [0.2, 0.25) is 0 Å². The van der Waals surface area contributed by atoms with Crippen LogP contribution in [0.3, 0.4) is 0 Å². The molecule has 2 atom stereocenters. The van der Waals surface area contributed by atoms with Gasteiger partial charge in [0.1, 0.15) is 0 Å². The van der Waals surface area contributed by atoms with Crippen molar-refractivity contribution in [3.63, 3.8) is 0 Å². The van der Waals surface area contributed by atoms with Crippen molar-refractivity contribution >= 4 is 5.91 Å². The molecular formula is C14H23N3O. The van der Waals surface area contributed by atoms with Gasteiger partial charge in [0.2, 0.25) is 5.91 Å². The summed E-state index contributed by atoms with van der Waals surface area (Å²) in [4.78, 5) is 14.2. The van der Waals surface area contributed by atoms with Crippen LogP contribution in [0.25, 0.3) is 0 Å². The summed E-state index contributed by atoms with van der Waals surface area (Å²) in [5, 5.41) is 0. The monoisotopic (exact) mass is 249 g/mol. The fourth-order valence-corrected chi connectivity index (χ4v) is 2.66. The molecule has 18 heavy (non-hydrogen) atoms. The highest BCUT2D eigenvalue weighted by molar-refractivity contribution is 5.77. The van der Waals surface area contributed by atoms with E-state index in [9.17, 15) is 4.79 Å². The zero-order valence-corrected chi connectivity index (χ0v) is 11.5. The maximum atomic E-state index is 12.3. The SMILES string of the molecule is Cc1ccc2n1CCN(C(=O)CC(C)CN)C2C. The minimum absolute atomic E-state index is 0.171. The standard InChI is InChI=1S/C14H23N3O/c1-10(9-15)8-14(18)17-7-6-16-11(2)4-5-13(16)12(17)3/h4-5,10,12H,6-9,15H2,1-3H3. The molecule has 2 heterocycles. The number of carbonyl (C=O) groups excluding carboxylic acids is 1. The normalized spacial score (nSPS) is 20.7. The fraction of sp³-hybridized carbons (Fsp3) is 0.643. The molecule has 2 N–H and O–H groups in total. The second-order valence-corrected chi connectivity index (χ2v) is 5.36. The first-order valence-corrected chi connectivity index (χ1v) is 6.70. The van der Waals surface area contributed by atoms with Gasteiger partial charge in [0.15, 0.2) is 0 Å². The van der Waals surface area contributed by atoms with Gasteiger partial charge in [-0.2, -0.15) is 0 Å². The van der Waals surface area contributed by atoms with Gasteiger partial charge >= 0.3 is 0 Å². The molecule has 0 saturated carbocycles. The van der Waals surface area contributed by atoms with Gasteiger partial charge < -0.3 is 15.2 Å². The maximum Gasteiger partial charge on any atom is 0.223 e. The molecule has 0 bridgehead atoms. The number of nitrogens with two attached hydrogens (primary N) is 1. The zero-order valence-electron chi connectivity index (χ0n) is 11.5. The van der Waals surface area contributed by atoms with Gasteiger partial charge in [-0.25, -0.2) is 0 Å². The van der Waals surface area contributed by atoms with Gasteiger partial charge in [-0.05, 0) is 38.4 Å². The molecule has 1 aliphatic rings. The molecule has 0 aromatic carbocycles. The van der Waals surface area contributed by atoms with Gasteiger partial charge in [-0.15, -0.1) is 0 Å². The summed E-state index contributed by atoms with van der Waals surface area (Å²) in [6, 6.07) is 4.43. The zero-order chi connectivity index (χ0) is 13.3. The molecule has 2 unspecified atom stereocenters. The van der Waals surface area contributed by atoms with E-state index >= 15 is 0 Å². The van der Waals surface area contributed by atoms with Crippen LogP contribution in [0.4, 0.5) is 0 Å². The lowest BCUT2D eigenvalue weighted by Crippen LogP contribution is -2.41. The predicted molar refractivity (Wildman–Crippen MR) is 72.1 cm³/mol. The molecule has 100 valence electrons. The van der Waals surface area contributed by atoms with E-state index in [2.05, 4.69) is 30.5 Å². The summed E-state index contributed by atoms with van der Waals surface area (Å²) in [5.74, 6) is 0.491. The van der Waals surface area contributed by atoms with E-state index in [1.807, 2.05) is 11.8 Å². The lowest BCUT2D eigenvalue weighted by molar-refractivity contribution is -0.135. The van der Waals surface area contributed by atoms with Crippen LogP contribution < -0.4 is 5.73 Å². The predicted octanol–water partition coefficient (Wildman–Crippen LogP) is 1.68. The first-order chi connectivity index (χ1) is 8.54. The first kappa shape index (κ1) is 13.1. The van der Waals surface area contributed by atoms with Gasteiger partial charge in [0.25, 0.3) is 0 Å². The minimum Gasteiger partial charge on any atom is -0.345 e. The Bertz CT molecular complexity index is 438. The molecule has 0 spiro atoms. The molecule has 0 fully saturated rings.